The molecule has 0 saturated heterocycles. The first-order chi connectivity index (χ1) is 10.7. The van der Waals surface area contributed by atoms with Gasteiger partial charge in [0, 0.05) is 11.1 Å². The maximum atomic E-state index is 10.9. The van der Waals surface area contributed by atoms with Crippen LogP contribution < -0.4 is 5.32 Å². The Labute approximate surface area is 131 Å². The van der Waals surface area contributed by atoms with Crippen molar-refractivity contribution in [2.45, 2.75) is 18.8 Å². The smallest absolute Gasteiger partial charge is 0.347 e. The molecule has 2 N–H and O–H groups in total. The zero-order valence-electron chi connectivity index (χ0n) is 11.7. The van der Waals surface area contributed by atoms with Gasteiger partial charge in [-0.05, 0) is 35.8 Å². The summed E-state index contributed by atoms with van der Waals surface area (Å²) in [6, 6.07) is 12.6. The molecule has 3 aromatic rings. The first-order valence-electron chi connectivity index (χ1n) is 7.20. The number of fused-ring (bicyclic) bond motifs is 1. The molecule has 1 fully saturated rings. The third-order valence-electron chi connectivity index (χ3n) is 3.93. The van der Waals surface area contributed by atoms with E-state index in [4.69, 9.17) is 5.11 Å². The number of benzene rings is 2. The second-order valence-electron chi connectivity index (χ2n) is 5.48. The van der Waals surface area contributed by atoms with Crippen molar-refractivity contribution in [1.29, 1.82) is 0 Å². The van der Waals surface area contributed by atoms with Gasteiger partial charge >= 0.3 is 5.97 Å². The first kappa shape index (κ1) is 13.3. The zero-order valence-corrected chi connectivity index (χ0v) is 12.6. The highest BCUT2D eigenvalue weighted by atomic mass is 32.1. The number of rotatable bonds is 4. The lowest BCUT2D eigenvalue weighted by atomic mass is 10.00. The lowest BCUT2D eigenvalue weighted by molar-refractivity contribution is 0.0702. The van der Waals surface area contributed by atoms with Crippen LogP contribution in [0.25, 0.3) is 10.8 Å². The normalized spacial score (nSPS) is 14.2. The number of carboxylic acids is 1. The molecule has 0 atom stereocenters. The van der Waals surface area contributed by atoms with Crippen molar-refractivity contribution in [3.8, 4) is 0 Å². The van der Waals surface area contributed by atoms with Crippen LogP contribution >= 0.6 is 11.3 Å². The summed E-state index contributed by atoms with van der Waals surface area (Å²) in [7, 11) is 0. The topological polar surface area (TPSA) is 62.2 Å². The van der Waals surface area contributed by atoms with E-state index in [0.29, 0.717) is 11.0 Å². The molecule has 1 aliphatic carbocycles. The van der Waals surface area contributed by atoms with Gasteiger partial charge in [-0.3, -0.25) is 0 Å². The van der Waals surface area contributed by atoms with Crippen molar-refractivity contribution in [3.05, 3.63) is 53.0 Å². The van der Waals surface area contributed by atoms with E-state index >= 15 is 0 Å². The highest BCUT2D eigenvalue weighted by molar-refractivity contribution is 7.17. The van der Waals surface area contributed by atoms with E-state index in [1.807, 2.05) is 6.07 Å². The predicted molar refractivity (Wildman–Crippen MR) is 88.3 cm³/mol. The molecule has 0 bridgehead atoms. The standard InChI is InChI=1S/C17H14N2O2S/c20-16(21)15-9-18-17(22-15)19-14-8-7-11(10-5-6-10)12-3-1-2-4-13(12)14/h1-4,7-10H,5-6H2,(H,18,19)(H,20,21). The van der Waals surface area contributed by atoms with Gasteiger partial charge in [-0.15, -0.1) is 0 Å². The third kappa shape index (κ3) is 2.33. The summed E-state index contributed by atoms with van der Waals surface area (Å²) in [5.41, 5.74) is 2.37. The van der Waals surface area contributed by atoms with Gasteiger partial charge in [0.15, 0.2) is 5.13 Å². The maximum Gasteiger partial charge on any atom is 0.347 e. The monoisotopic (exact) mass is 310 g/mol. The number of aromatic nitrogens is 1. The van der Waals surface area contributed by atoms with Crippen molar-refractivity contribution < 1.29 is 9.90 Å². The SMILES string of the molecule is O=C(O)c1cnc(Nc2ccc(C3CC3)c3ccccc23)s1. The van der Waals surface area contributed by atoms with Gasteiger partial charge in [0.2, 0.25) is 0 Å². The molecule has 110 valence electrons. The molecule has 4 nitrogen and oxygen atoms in total. The summed E-state index contributed by atoms with van der Waals surface area (Å²) in [5, 5.41) is 15.3. The van der Waals surface area contributed by atoms with Crippen LogP contribution in [0.5, 0.6) is 0 Å². The molecular weight excluding hydrogens is 296 g/mol. The highest BCUT2D eigenvalue weighted by Crippen LogP contribution is 2.44. The van der Waals surface area contributed by atoms with E-state index in [1.165, 1.54) is 30.0 Å². The number of hydrogen-bond acceptors (Lipinski definition) is 4. The predicted octanol–water partition coefficient (Wildman–Crippen LogP) is 4.62. The molecule has 0 amide bonds. The quantitative estimate of drug-likeness (QED) is 0.738. The molecule has 1 aliphatic rings. The third-order valence-corrected chi connectivity index (χ3v) is 4.83. The Morgan fingerprint density at radius 1 is 1.18 bits per heavy atom. The van der Waals surface area contributed by atoms with Crippen molar-refractivity contribution >= 4 is 38.9 Å². The van der Waals surface area contributed by atoms with Gasteiger partial charge in [0.1, 0.15) is 4.88 Å². The maximum absolute atomic E-state index is 10.9. The molecule has 5 heteroatoms. The van der Waals surface area contributed by atoms with Crippen molar-refractivity contribution in [1.82, 2.24) is 4.98 Å². The van der Waals surface area contributed by atoms with E-state index in [2.05, 4.69) is 40.6 Å². The van der Waals surface area contributed by atoms with Crippen LogP contribution in [0.4, 0.5) is 10.8 Å². The van der Waals surface area contributed by atoms with E-state index < -0.39 is 5.97 Å². The lowest BCUT2D eigenvalue weighted by Crippen LogP contribution is -1.93. The largest absolute Gasteiger partial charge is 0.477 e. The van der Waals surface area contributed by atoms with Crippen LogP contribution in [0, 0.1) is 0 Å². The molecule has 0 radical (unpaired) electrons. The summed E-state index contributed by atoms with van der Waals surface area (Å²) >= 11 is 1.15. The lowest BCUT2D eigenvalue weighted by Gasteiger charge is -2.11. The molecule has 1 heterocycles. The van der Waals surface area contributed by atoms with Crippen molar-refractivity contribution in [2.24, 2.45) is 0 Å². The fraction of sp³-hybridized carbons (Fsp3) is 0.176. The second kappa shape index (κ2) is 5.10. The van der Waals surface area contributed by atoms with E-state index in [1.54, 1.807) is 0 Å². The molecule has 0 aliphatic heterocycles. The second-order valence-corrected chi connectivity index (χ2v) is 6.51. The minimum Gasteiger partial charge on any atom is -0.477 e. The minimum absolute atomic E-state index is 0.237. The molecular formula is C17H14N2O2S. The van der Waals surface area contributed by atoms with Gasteiger partial charge in [0.05, 0.1) is 6.20 Å². The number of anilines is 2. The molecule has 22 heavy (non-hydrogen) atoms. The van der Waals surface area contributed by atoms with Crippen LogP contribution in [0.15, 0.2) is 42.6 Å². The van der Waals surface area contributed by atoms with Crippen molar-refractivity contribution in [2.75, 3.05) is 5.32 Å². The highest BCUT2D eigenvalue weighted by Gasteiger charge is 2.25. The number of carbonyl (C=O) groups is 1. The van der Waals surface area contributed by atoms with E-state index in [-0.39, 0.29) is 4.88 Å². The molecule has 0 spiro atoms. The Morgan fingerprint density at radius 3 is 2.64 bits per heavy atom. The van der Waals surface area contributed by atoms with Gasteiger partial charge in [-0.2, -0.15) is 0 Å². The number of hydrogen-bond donors (Lipinski definition) is 2. The zero-order chi connectivity index (χ0) is 15.1. The Hall–Kier alpha value is -2.40. The molecule has 4 rings (SSSR count). The Kier molecular flexibility index (Phi) is 3.08. The van der Waals surface area contributed by atoms with Crippen LogP contribution in [0.1, 0.15) is 34.0 Å². The summed E-state index contributed by atoms with van der Waals surface area (Å²) in [5.74, 6) is -0.253. The Balaban J connectivity index is 1.75. The summed E-state index contributed by atoms with van der Waals surface area (Å²) < 4.78 is 0. The number of nitrogens with one attached hydrogen (secondary N) is 1. The van der Waals surface area contributed by atoms with Gasteiger partial charge in [0.25, 0.3) is 0 Å². The minimum atomic E-state index is -0.945. The number of aromatic carboxylic acids is 1. The van der Waals surface area contributed by atoms with Crippen LogP contribution in [0.2, 0.25) is 0 Å². The summed E-state index contributed by atoms with van der Waals surface area (Å²) in [6.07, 6.45) is 3.92. The van der Waals surface area contributed by atoms with Crippen LogP contribution in [-0.4, -0.2) is 16.1 Å². The van der Waals surface area contributed by atoms with Gasteiger partial charge in [-0.1, -0.05) is 41.7 Å². The molecule has 1 aromatic heterocycles. The van der Waals surface area contributed by atoms with Gasteiger partial charge in [-0.25, -0.2) is 9.78 Å². The Bertz CT molecular complexity index is 868. The van der Waals surface area contributed by atoms with Crippen LogP contribution in [-0.2, 0) is 0 Å². The number of carboxylic acid groups (broad SMARTS) is 1. The van der Waals surface area contributed by atoms with Crippen LogP contribution in [0.3, 0.4) is 0 Å². The number of thiazole rings is 1. The summed E-state index contributed by atoms with van der Waals surface area (Å²) in [4.78, 5) is 15.3. The number of nitrogens with zero attached hydrogens (tertiary/aromatic N) is 1. The molecule has 0 unspecified atom stereocenters. The average molecular weight is 310 g/mol. The van der Waals surface area contributed by atoms with E-state index in [9.17, 15) is 4.79 Å². The average Bonchev–Trinajstić information content (AvgIpc) is 3.26. The molecule has 1 saturated carbocycles. The fourth-order valence-corrected chi connectivity index (χ4v) is 3.40. The fourth-order valence-electron chi connectivity index (χ4n) is 2.73. The Morgan fingerprint density at radius 2 is 1.95 bits per heavy atom. The van der Waals surface area contributed by atoms with Crippen molar-refractivity contribution in [3.63, 3.8) is 0 Å². The first-order valence-corrected chi connectivity index (χ1v) is 8.02. The van der Waals surface area contributed by atoms with E-state index in [0.717, 1.165) is 22.4 Å². The summed E-state index contributed by atoms with van der Waals surface area (Å²) in [6.45, 7) is 0. The molecule has 2 aromatic carbocycles. The van der Waals surface area contributed by atoms with Gasteiger partial charge < -0.3 is 10.4 Å².